The molecule has 0 aromatic carbocycles. The molecule has 9 heteroatoms. The van der Waals surface area contributed by atoms with E-state index in [-0.39, 0.29) is 11.5 Å². The molecule has 1 aliphatic rings. The molecule has 1 aliphatic heterocycles. The molecule has 3 N–H and O–H groups in total. The molecule has 1 atom stereocenters. The topological polar surface area (TPSA) is 102 Å². The molecule has 0 radical (unpaired) electrons. The molecule has 0 bridgehead atoms. The zero-order valence-electron chi connectivity index (χ0n) is 11.0. The van der Waals surface area contributed by atoms with Crippen LogP contribution in [0.25, 0.3) is 0 Å². The Bertz CT molecular complexity index is 450. The first-order valence-corrected chi connectivity index (χ1v) is 7.88. The lowest BCUT2D eigenvalue weighted by atomic mass is 10.1. The summed E-state index contributed by atoms with van der Waals surface area (Å²) >= 11 is 4.87. The molecule has 0 aliphatic carbocycles. The minimum absolute atomic E-state index is 0.113. The summed E-state index contributed by atoms with van der Waals surface area (Å²) in [7, 11) is -3.98. The zero-order chi connectivity index (χ0) is 14.6. The minimum atomic E-state index is -3.98. The normalized spacial score (nSPS) is 21.1. The van der Waals surface area contributed by atoms with Crippen molar-refractivity contribution in [2.24, 2.45) is 5.73 Å². The third-order valence-corrected chi connectivity index (χ3v) is 4.40. The number of hydrogen-bond acceptors (Lipinski definition) is 5. The van der Waals surface area contributed by atoms with E-state index in [4.69, 9.17) is 22.7 Å². The van der Waals surface area contributed by atoms with Crippen molar-refractivity contribution in [3.05, 3.63) is 0 Å². The Kier molecular flexibility index (Phi) is 5.50. The lowest BCUT2D eigenvalue weighted by Crippen LogP contribution is -2.54. The average molecular weight is 309 g/mol. The number of nitrogens with two attached hydrogens (primary N) is 1. The molecule has 1 amide bonds. The fraction of sp³-hybridized carbons (Fsp3) is 0.800. The van der Waals surface area contributed by atoms with E-state index in [1.165, 1.54) is 0 Å². The summed E-state index contributed by atoms with van der Waals surface area (Å²) in [6, 6.07) is -0.548. The number of nitrogens with zero attached hydrogens (tertiary/aromatic N) is 1. The van der Waals surface area contributed by atoms with Crippen molar-refractivity contribution in [1.82, 2.24) is 9.03 Å². The number of nitrogens with one attached hydrogen (secondary N) is 1. The molecule has 0 saturated carbocycles. The second-order valence-corrected chi connectivity index (χ2v) is 6.68. The number of amides is 1. The number of ether oxygens (including phenoxy) is 1. The third kappa shape index (κ3) is 4.59. The van der Waals surface area contributed by atoms with Gasteiger partial charge >= 0.3 is 16.3 Å². The van der Waals surface area contributed by atoms with Crippen molar-refractivity contribution in [3.63, 3.8) is 0 Å². The Balaban J connectivity index is 2.79. The highest BCUT2D eigenvalue weighted by molar-refractivity contribution is 7.87. The molecule has 0 spiro atoms. The predicted molar refractivity (Wildman–Crippen MR) is 74.8 cm³/mol. The number of carbonyl (C=O) groups excluding carboxylic acids is 1. The molecule has 7 nitrogen and oxygen atoms in total. The fourth-order valence-corrected chi connectivity index (χ4v) is 3.49. The van der Waals surface area contributed by atoms with Gasteiger partial charge in [0.1, 0.15) is 0 Å². The summed E-state index contributed by atoms with van der Waals surface area (Å²) in [6.07, 6.45) is 0.726. The van der Waals surface area contributed by atoms with E-state index in [9.17, 15) is 13.2 Å². The molecule has 0 aromatic heterocycles. The maximum atomic E-state index is 12.1. The van der Waals surface area contributed by atoms with Crippen molar-refractivity contribution < 1.29 is 17.9 Å². The van der Waals surface area contributed by atoms with E-state index in [0.717, 1.165) is 10.7 Å². The quantitative estimate of drug-likeness (QED) is 0.734. The second kappa shape index (κ2) is 6.49. The first-order chi connectivity index (χ1) is 8.74. The molecule has 0 aromatic rings. The van der Waals surface area contributed by atoms with Gasteiger partial charge in [0.25, 0.3) is 0 Å². The molecule has 1 fully saturated rings. The van der Waals surface area contributed by atoms with E-state index in [1.807, 2.05) is 4.72 Å². The molecule has 1 unspecified atom stereocenters. The summed E-state index contributed by atoms with van der Waals surface area (Å²) in [4.78, 5) is 11.5. The highest BCUT2D eigenvalue weighted by Crippen LogP contribution is 2.20. The Morgan fingerprint density at radius 2 is 2.11 bits per heavy atom. The Labute approximate surface area is 118 Å². The second-order valence-electron chi connectivity index (χ2n) is 4.59. The Morgan fingerprint density at radius 1 is 1.47 bits per heavy atom. The lowest BCUT2D eigenvalue weighted by molar-refractivity contribution is 0.120. The molecule has 1 heterocycles. The zero-order valence-corrected chi connectivity index (χ0v) is 12.6. The molecule has 1 saturated heterocycles. The van der Waals surface area contributed by atoms with Crippen LogP contribution in [-0.2, 0) is 14.9 Å². The standard InChI is InChI=1S/C10H19N3O4S2/c1-7(2)17-10(14)12-19(15,16)13-6-4-3-5-8(13)9(11)18/h7-8H,3-6H2,1-2H3,(H2,11,18)(H,12,14). The van der Waals surface area contributed by atoms with Crippen LogP contribution in [0.15, 0.2) is 0 Å². The van der Waals surface area contributed by atoms with Crippen LogP contribution in [0, 0.1) is 0 Å². The number of hydrogen-bond donors (Lipinski definition) is 2. The molecular weight excluding hydrogens is 290 g/mol. The van der Waals surface area contributed by atoms with Crippen LogP contribution < -0.4 is 10.5 Å². The van der Waals surface area contributed by atoms with Gasteiger partial charge in [0.15, 0.2) is 0 Å². The van der Waals surface area contributed by atoms with Crippen molar-refractivity contribution in [2.45, 2.75) is 45.3 Å². The third-order valence-electron chi connectivity index (χ3n) is 2.65. The van der Waals surface area contributed by atoms with Crippen LogP contribution in [0.4, 0.5) is 4.79 Å². The highest BCUT2D eigenvalue weighted by atomic mass is 32.2. The number of thiocarbonyl (C=S) groups is 1. The van der Waals surface area contributed by atoms with E-state index >= 15 is 0 Å². The van der Waals surface area contributed by atoms with Crippen LogP contribution >= 0.6 is 12.2 Å². The van der Waals surface area contributed by atoms with Gasteiger partial charge in [-0.05, 0) is 26.7 Å². The van der Waals surface area contributed by atoms with Crippen LogP contribution in [0.3, 0.4) is 0 Å². The largest absolute Gasteiger partial charge is 0.446 e. The molecule has 19 heavy (non-hydrogen) atoms. The van der Waals surface area contributed by atoms with Gasteiger partial charge in [-0.25, -0.2) is 9.52 Å². The van der Waals surface area contributed by atoms with E-state index in [0.29, 0.717) is 12.8 Å². The lowest BCUT2D eigenvalue weighted by Gasteiger charge is -2.33. The first kappa shape index (κ1) is 16.1. The number of carbonyl (C=O) groups is 1. The van der Waals surface area contributed by atoms with Crippen LogP contribution in [-0.4, -0.2) is 42.5 Å². The SMILES string of the molecule is CC(C)OC(=O)NS(=O)(=O)N1CCCCC1C(N)=S. The van der Waals surface area contributed by atoms with Crippen LogP contribution in [0.1, 0.15) is 33.1 Å². The summed E-state index contributed by atoms with van der Waals surface area (Å²) in [6.45, 7) is 3.54. The predicted octanol–water partition coefficient (Wildman–Crippen LogP) is 0.506. The van der Waals surface area contributed by atoms with E-state index in [2.05, 4.69) is 0 Å². The maximum Gasteiger partial charge on any atom is 0.422 e. The molecule has 110 valence electrons. The smallest absolute Gasteiger partial charge is 0.422 e. The summed E-state index contributed by atoms with van der Waals surface area (Å²) in [5.41, 5.74) is 5.55. The monoisotopic (exact) mass is 309 g/mol. The van der Waals surface area contributed by atoms with E-state index < -0.39 is 28.4 Å². The first-order valence-electron chi connectivity index (χ1n) is 6.03. The number of piperidine rings is 1. The van der Waals surface area contributed by atoms with Gasteiger partial charge in [-0.15, -0.1) is 0 Å². The van der Waals surface area contributed by atoms with E-state index in [1.54, 1.807) is 13.8 Å². The van der Waals surface area contributed by atoms with Crippen molar-refractivity contribution in [2.75, 3.05) is 6.54 Å². The Morgan fingerprint density at radius 3 is 2.63 bits per heavy atom. The van der Waals surface area contributed by atoms with Gasteiger partial charge in [-0.2, -0.15) is 12.7 Å². The van der Waals surface area contributed by atoms with Crippen molar-refractivity contribution >= 4 is 33.5 Å². The summed E-state index contributed by atoms with van der Waals surface area (Å²) in [5, 5.41) is 0. The highest BCUT2D eigenvalue weighted by Gasteiger charge is 2.35. The summed E-state index contributed by atoms with van der Waals surface area (Å²) in [5.74, 6) is 0. The number of rotatable bonds is 4. The van der Waals surface area contributed by atoms with Crippen LogP contribution in [0.5, 0.6) is 0 Å². The van der Waals surface area contributed by atoms with Gasteiger partial charge in [0.05, 0.1) is 17.1 Å². The average Bonchev–Trinajstić information content (AvgIpc) is 2.26. The molecule has 1 rings (SSSR count). The van der Waals surface area contributed by atoms with Crippen molar-refractivity contribution in [3.8, 4) is 0 Å². The Hall–Kier alpha value is -0.930. The fourth-order valence-electron chi connectivity index (χ4n) is 1.88. The van der Waals surface area contributed by atoms with Crippen LogP contribution in [0.2, 0.25) is 0 Å². The van der Waals surface area contributed by atoms with Gasteiger partial charge in [0.2, 0.25) is 0 Å². The van der Waals surface area contributed by atoms with Gasteiger partial charge in [-0.3, -0.25) is 0 Å². The minimum Gasteiger partial charge on any atom is -0.446 e. The molecular formula is C10H19N3O4S2. The van der Waals surface area contributed by atoms with Gasteiger partial charge in [-0.1, -0.05) is 18.6 Å². The maximum absolute atomic E-state index is 12.1. The van der Waals surface area contributed by atoms with Gasteiger partial charge in [0, 0.05) is 6.54 Å². The summed E-state index contributed by atoms with van der Waals surface area (Å²) < 4.78 is 31.9. The van der Waals surface area contributed by atoms with Gasteiger partial charge < -0.3 is 10.5 Å². The van der Waals surface area contributed by atoms with Crippen molar-refractivity contribution in [1.29, 1.82) is 0 Å².